The molecule has 158 valence electrons. The number of aryl methyl sites for hydroxylation is 1. The maximum Gasteiger partial charge on any atom is 0.303 e. The van der Waals surface area contributed by atoms with Crippen molar-refractivity contribution in [1.29, 1.82) is 0 Å². The van der Waals surface area contributed by atoms with E-state index in [-0.39, 0.29) is 12.3 Å². The number of carboxylic acids is 1. The number of hydrogen-bond acceptors (Lipinski definition) is 7. The third kappa shape index (κ3) is 7.93. The minimum atomic E-state index is -0.788. The van der Waals surface area contributed by atoms with Crippen molar-refractivity contribution in [3.8, 4) is 5.88 Å². The fourth-order valence-electron chi connectivity index (χ4n) is 3.29. The summed E-state index contributed by atoms with van der Waals surface area (Å²) in [6.45, 7) is 2.75. The van der Waals surface area contributed by atoms with Crippen LogP contribution in [0.15, 0.2) is 24.4 Å². The van der Waals surface area contributed by atoms with Gasteiger partial charge in [0.05, 0.1) is 13.5 Å². The summed E-state index contributed by atoms with van der Waals surface area (Å²) in [7, 11) is 1.56. The van der Waals surface area contributed by atoms with Crippen LogP contribution >= 0.6 is 0 Å². The monoisotopic (exact) mass is 401 g/mol. The van der Waals surface area contributed by atoms with Crippen molar-refractivity contribution in [3.63, 3.8) is 0 Å². The van der Waals surface area contributed by atoms with Gasteiger partial charge in [0.1, 0.15) is 5.82 Å². The van der Waals surface area contributed by atoms with Gasteiger partial charge in [-0.1, -0.05) is 25.3 Å². The van der Waals surface area contributed by atoms with Crippen molar-refractivity contribution in [2.45, 2.75) is 57.8 Å². The van der Waals surface area contributed by atoms with Gasteiger partial charge in [0.2, 0.25) is 11.8 Å². The van der Waals surface area contributed by atoms with Gasteiger partial charge in [-0.25, -0.2) is 9.97 Å². The molecule has 0 radical (unpaired) electrons. The number of methoxy groups -OCH3 is 1. The average molecular weight is 402 g/mol. The number of carbonyl (C=O) groups is 1. The number of carboxylic acid groups (broad SMARTS) is 1. The van der Waals surface area contributed by atoms with Crippen LogP contribution in [0.25, 0.3) is 0 Å². The van der Waals surface area contributed by atoms with Gasteiger partial charge in [-0.3, -0.25) is 4.79 Å². The third-order valence-corrected chi connectivity index (χ3v) is 4.73. The van der Waals surface area contributed by atoms with E-state index in [0.29, 0.717) is 17.6 Å². The van der Waals surface area contributed by atoms with Crippen molar-refractivity contribution >= 4 is 17.7 Å². The van der Waals surface area contributed by atoms with Crippen LogP contribution in [0.5, 0.6) is 5.88 Å². The van der Waals surface area contributed by atoms with Gasteiger partial charge in [0, 0.05) is 30.6 Å². The van der Waals surface area contributed by atoms with Crippen LogP contribution in [0.4, 0.5) is 11.8 Å². The van der Waals surface area contributed by atoms with Crippen LogP contribution in [0.3, 0.4) is 0 Å². The number of nitrogen functional groups attached to an aromatic ring is 1. The van der Waals surface area contributed by atoms with Gasteiger partial charge in [-0.2, -0.15) is 4.98 Å². The Hall–Kier alpha value is -2.90. The number of nitrogens with two attached hydrogens (primary N) is 1. The molecular weight excluding hydrogens is 370 g/mol. The van der Waals surface area contributed by atoms with E-state index in [1.54, 1.807) is 19.4 Å². The van der Waals surface area contributed by atoms with Gasteiger partial charge < -0.3 is 20.9 Å². The zero-order valence-electron chi connectivity index (χ0n) is 17.2. The van der Waals surface area contributed by atoms with E-state index in [1.807, 2.05) is 19.1 Å². The summed E-state index contributed by atoms with van der Waals surface area (Å²) in [4.78, 5) is 24.1. The smallest absolute Gasteiger partial charge is 0.303 e. The molecule has 0 aliphatic rings. The summed E-state index contributed by atoms with van der Waals surface area (Å²) in [6, 6.07) is 5.50. The molecule has 0 aromatic carbocycles. The second-order valence-electron chi connectivity index (χ2n) is 7.02. The third-order valence-electron chi connectivity index (χ3n) is 4.73. The van der Waals surface area contributed by atoms with Gasteiger partial charge in [0.25, 0.3) is 0 Å². The largest absolute Gasteiger partial charge is 0.481 e. The normalized spacial score (nSPS) is 11.8. The zero-order valence-corrected chi connectivity index (χ0v) is 17.2. The number of unbranched alkanes of at least 4 members (excludes halogenated alkanes) is 3. The Bertz CT molecular complexity index is 767. The average Bonchev–Trinajstić information content (AvgIpc) is 2.69. The van der Waals surface area contributed by atoms with Crippen molar-refractivity contribution in [3.05, 3.63) is 35.7 Å². The van der Waals surface area contributed by atoms with Crippen LogP contribution < -0.4 is 15.8 Å². The molecular formula is C21H31N5O3. The first-order valence-electron chi connectivity index (χ1n) is 10.1. The molecule has 0 unspecified atom stereocenters. The minimum Gasteiger partial charge on any atom is -0.481 e. The molecule has 0 saturated heterocycles. The summed E-state index contributed by atoms with van der Waals surface area (Å²) in [5.41, 5.74) is 7.73. The number of nitrogens with one attached hydrogen (secondary N) is 1. The number of aliphatic carboxylic acids is 1. The van der Waals surface area contributed by atoms with Crippen LogP contribution in [0, 0.1) is 0 Å². The Morgan fingerprint density at radius 2 is 2.03 bits per heavy atom. The molecule has 0 aliphatic carbocycles. The van der Waals surface area contributed by atoms with E-state index in [0.717, 1.165) is 56.3 Å². The predicted molar refractivity (Wildman–Crippen MR) is 113 cm³/mol. The van der Waals surface area contributed by atoms with Crippen molar-refractivity contribution in [1.82, 2.24) is 15.0 Å². The summed E-state index contributed by atoms with van der Waals surface area (Å²) >= 11 is 0. The first kappa shape index (κ1) is 22.4. The summed E-state index contributed by atoms with van der Waals surface area (Å²) in [5.74, 6) is 0.770. The Morgan fingerprint density at radius 1 is 1.24 bits per heavy atom. The highest BCUT2D eigenvalue weighted by Crippen LogP contribution is 2.27. The summed E-state index contributed by atoms with van der Waals surface area (Å²) < 4.78 is 5.07. The molecule has 2 aromatic heterocycles. The van der Waals surface area contributed by atoms with E-state index in [9.17, 15) is 9.90 Å². The van der Waals surface area contributed by atoms with Crippen LogP contribution in [-0.4, -0.2) is 39.7 Å². The Kier molecular flexibility index (Phi) is 9.14. The molecule has 0 bridgehead atoms. The second kappa shape index (κ2) is 11.8. The molecule has 0 aliphatic heterocycles. The van der Waals surface area contributed by atoms with E-state index in [1.165, 1.54) is 0 Å². The van der Waals surface area contributed by atoms with E-state index >= 15 is 0 Å². The van der Waals surface area contributed by atoms with Gasteiger partial charge in [-0.05, 0) is 37.7 Å². The standard InChI is InChI=1S/C21H31N5O3/c1-3-23-21-25-17(13-18(22)26-21)9-7-5-4-6-8-15(12-20(27)28)16-10-11-19(29-2)24-14-16/h10-11,13-15H,3-9,12H2,1-2H3,(H,27,28)(H3,22,23,25,26)/t15-/m1/s1. The molecule has 0 fully saturated rings. The van der Waals surface area contributed by atoms with Crippen LogP contribution in [0.1, 0.15) is 62.6 Å². The van der Waals surface area contributed by atoms with E-state index in [2.05, 4.69) is 20.3 Å². The molecule has 2 heterocycles. The fraction of sp³-hybridized carbons (Fsp3) is 0.524. The van der Waals surface area contributed by atoms with Crippen molar-refractivity contribution in [2.75, 3.05) is 24.7 Å². The fourth-order valence-corrected chi connectivity index (χ4v) is 3.29. The lowest BCUT2D eigenvalue weighted by atomic mass is 9.91. The van der Waals surface area contributed by atoms with Crippen molar-refractivity contribution < 1.29 is 14.6 Å². The molecule has 0 amide bonds. The molecule has 1 atom stereocenters. The second-order valence-corrected chi connectivity index (χ2v) is 7.02. The topological polar surface area (TPSA) is 123 Å². The van der Waals surface area contributed by atoms with Gasteiger partial charge >= 0.3 is 5.97 Å². The number of pyridine rings is 1. The lowest BCUT2D eigenvalue weighted by Crippen LogP contribution is -2.07. The lowest BCUT2D eigenvalue weighted by molar-refractivity contribution is -0.137. The van der Waals surface area contributed by atoms with Crippen LogP contribution in [0.2, 0.25) is 0 Å². The molecule has 29 heavy (non-hydrogen) atoms. The summed E-state index contributed by atoms with van der Waals surface area (Å²) in [6.07, 6.45) is 7.59. The number of aromatic nitrogens is 3. The Morgan fingerprint density at radius 3 is 2.69 bits per heavy atom. The number of rotatable bonds is 13. The highest BCUT2D eigenvalue weighted by atomic mass is 16.5. The van der Waals surface area contributed by atoms with Crippen molar-refractivity contribution in [2.24, 2.45) is 0 Å². The number of ether oxygens (including phenoxy) is 1. The first-order valence-corrected chi connectivity index (χ1v) is 10.1. The Balaban J connectivity index is 1.77. The lowest BCUT2D eigenvalue weighted by Gasteiger charge is -2.15. The van der Waals surface area contributed by atoms with Crippen LogP contribution in [-0.2, 0) is 11.2 Å². The molecule has 4 N–H and O–H groups in total. The molecule has 8 heteroatoms. The zero-order chi connectivity index (χ0) is 21.1. The molecule has 8 nitrogen and oxygen atoms in total. The number of anilines is 2. The first-order chi connectivity index (χ1) is 14.0. The molecule has 0 saturated carbocycles. The number of hydrogen-bond donors (Lipinski definition) is 3. The highest BCUT2D eigenvalue weighted by Gasteiger charge is 2.16. The molecule has 2 aromatic rings. The SMILES string of the molecule is CCNc1nc(N)cc(CCCCCC[C@H](CC(=O)O)c2ccc(OC)nc2)n1. The minimum absolute atomic E-state index is 0.0322. The van der Waals surface area contributed by atoms with Gasteiger partial charge in [-0.15, -0.1) is 0 Å². The maximum atomic E-state index is 11.2. The van der Waals surface area contributed by atoms with E-state index in [4.69, 9.17) is 10.5 Å². The predicted octanol–water partition coefficient (Wildman–Crippen LogP) is 3.65. The number of nitrogens with zero attached hydrogens (tertiary/aromatic N) is 3. The quantitative estimate of drug-likeness (QED) is 0.435. The molecule has 2 rings (SSSR count). The highest BCUT2D eigenvalue weighted by molar-refractivity contribution is 5.68. The van der Waals surface area contributed by atoms with Gasteiger partial charge in [0.15, 0.2) is 0 Å². The Labute approximate surface area is 171 Å². The molecule has 0 spiro atoms. The van der Waals surface area contributed by atoms with E-state index < -0.39 is 5.97 Å². The summed E-state index contributed by atoms with van der Waals surface area (Å²) in [5, 5.41) is 12.3. The maximum absolute atomic E-state index is 11.2.